The highest BCUT2D eigenvalue weighted by atomic mass is 35.5. The lowest BCUT2D eigenvalue weighted by atomic mass is 9.70. The van der Waals surface area contributed by atoms with Gasteiger partial charge in [-0.15, -0.1) is 0 Å². The summed E-state index contributed by atoms with van der Waals surface area (Å²) in [5.74, 6) is 1.39. The minimum absolute atomic E-state index is 0.131. The van der Waals surface area contributed by atoms with E-state index in [0.717, 1.165) is 48.8 Å². The van der Waals surface area contributed by atoms with Gasteiger partial charge in [-0.25, -0.2) is 13.6 Å². The average Bonchev–Trinajstić information content (AvgIpc) is 3.50. The zero-order valence-electron chi connectivity index (χ0n) is 16.2. The molecule has 2 aromatic carbocycles. The Morgan fingerprint density at radius 1 is 1.21 bits per heavy atom. The lowest BCUT2D eigenvalue weighted by molar-refractivity contribution is 0.206. The molecule has 0 bridgehead atoms. The van der Waals surface area contributed by atoms with E-state index in [4.69, 9.17) is 21.5 Å². The highest BCUT2D eigenvalue weighted by Crippen LogP contribution is 2.46. The Hall–Kier alpha value is -1.76. The molecular formula is C22H25ClN2O3S. The second kappa shape index (κ2) is 6.89. The highest BCUT2D eigenvalue weighted by molar-refractivity contribution is 7.89. The molecule has 1 spiro atoms. The number of rotatable bonds is 3. The van der Waals surface area contributed by atoms with E-state index in [1.165, 1.54) is 30.0 Å². The summed E-state index contributed by atoms with van der Waals surface area (Å²) in [4.78, 5) is 2.46. The number of aryl methyl sites for hydroxylation is 1. The largest absolute Gasteiger partial charge is 0.490 e. The number of nitrogens with two attached hydrogens (primary N) is 1. The van der Waals surface area contributed by atoms with Crippen LogP contribution in [0.2, 0.25) is 5.02 Å². The normalized spacial score (nSPS) is 23.9. The number of anilines is 1. The van der Waals surface area contributed by atoms with E-state index in [9.17, 15) is 8.42 Å². The summed E-state index contributed by atoms with van der Waals surface area (Å²) in [7, 11) is -3.77. The molecule has 3 aliphatic rings. The van der Waals surface area contributed by atoms with Gasteiger partial charge in [-0.1, -0.05) is 17.7 Å². The van der Waals surface area contributed by atoms with Crippen molar-refractivity contribution >= 4 is 27.3 Å². The van der Waals surface area contributed by atoms with Crippen LogP contribution in [0.15, 0.2) is 41.3 Å². The standard InChI is InChI=1S/C22H25ClN2O3S/c23-17-5-7-19-16(10-17)2-1-9-22(19)13-25(12-15-3-4-15)20-11-18(29(24,26)27)6-8-21(20)28-14-22/h5-8,10-11,15H,1-4,9,12-14H2,(H2,24,26,27). The van der Waals surface area contributed by atoms with E-state index in [1.807, 2.05) is 6.07 Å². The number of hydrogen-bond acceptors (Lipinski definition) is 4. The first-order valence-electron chi connectivity index (χ1n) is 10.2. The minimum atomic E-state index is -3.77. The maximum absolute atomic E-state index is 11.9. The van der Waals surface area contributed by atoms with Crippen LogP contribution in [0, 0.1) is 5.92 Å². The number of halogens is 1. The average molecular weight is 433 g/mol. The predicted octanol–water partition coefficient (Wildman–Crippen LogP) is 3.87. The molecular weight excluding hydrogens is 408 g/mol. The molecule has 2 aromatic rings. The molecule has 2 aliphatic carbocycles. The molecule has 1 heterocycles. The molecule has 5 nitrogen and oxygen atoms in total. The molecule has 1 fully saturated rings. The summed E-state index contributed by atoms with van der Waals surface area (Å²) < 4.78 is 30.2. The summed E-state index contributed by atoms with van der Waals surface area (Å²) in [5.41, 5.74) is 3.32. The van der Waals surface area contributed by atoms with Gasteiger partial charge in [-0.2, -0.15) is 0 Å². The molecule has 0 saturated heterocycles. The van der Waals surface area contributed by atoms with Crippen molar-refractivity contribution < 1.29 is 13.2 Å². The first-order valence-corrected chi connectivity index (χ1v) is 12.1. The number of sulfonamides is 1. The lowest BCUT2D eigenvalue weighted by Gasteiger charge is -2.41. The van der Waals surface area contributed by atoms with Crippen LogP contribution in [-0.2, 0) is 21.9 Å². The monoisotopic (exact) mass is 432 g/mol. The third-order valence-electron chi connectivity index (χ3n) is 6.51. The maximum Gasteiger partial charge on any atom is 0.238 e. The van der Waals surface area contributed by atoms with E-state index in [-0.39, 0.29) is 10.3 Å². The maximum atomic E-state index is 11.9. The van der Waals surface area contributed by atoms with Crippen molar-refractivity contribution in [3.63, 3.8) is 0 Å². The van der Waals surface area contributed by atoms with Crippen molar-refractivity contribution in [2.75, 3.05) is 24.6 Å². The first kappa shape index (κ1) is 19.2. The fourth-order valence-electron chi connectivity index (χ4n) is 4.88. The predicted molar refractivity (Wildman–Crippen MR) is 114 cm³/mol. The van der Waals surface area contributed by atoms with Crippen LogP contribution >= 0.6 is 11.6 Å². The molecule has 1 saturated carbocycles. The molecule has 0 amide bonds. The molecule has 5 rings (SSSR count). The van der Waals surface area contributed by atoms with Gasteiger partial charge in [0.25, 0.3) is 0 Å². The van der Waals surface area contributed by atoms with E-state index < -0.39 is 10.0 Å². The molecule has 0 radical (unpaired) electrons. The molecule has 7 heteroatoms. The summed E-state index contributed by atoms with van der Waals surface area (Å²) >= 11 is 6.26. The number of nitrogens with zero attached hydrogens (tertiary/aromatic N) is 1. The van der Waals surface area contributed by atoms with Crippen molar-refractivity contribution in [1.82, 2.24) is 0 Å². The third kappa shape index (κ3) is 3.62. The second-order valence-corrected chi connectivity index (χ2v) is 10.7. The van der Waals surface area contributed by atoms with Gasteiger partial charge in [0, 0.05) is 23.5 Å². The number of primary sulfonamides is 1. The van der Waals surface area contributed by atoms with Crippen LogP contribution in [-0.4, -0.2) is 28.1 Å². The van der Waals surface area contributed by atoms with Gasteiger partial charge in [0.15, 0.2) is 0 Å². The Bertz CT molecular complexity index is 1070. The van der Waals surface area contributed by atoms with Gasteiger partial charge in [-0.3, -0.25) is 0 Å². The van der Waals surface area contributed by atoms with Gasteiger partial charge in [0.2, 0.25) is 10.0 Å². The van der Waals surface area contributed by atoms with Crippen molar-refractivity contribution in [1.29, 1.82) is 0 Å². The molecule has 154 valence electrons. The van der Waals surface area contributed by atoms with E-state index in [1.54, 1.807) is 12.1 Å². The van der Waals surface area contributed by atoms with Crippen LogP contribution in [0.5, 0.6) is 5.75 Å². The van der Waals surface area contributed by atoms with Crippen molar-refractivity contribution in [2.45, 2.75) is 42.4 Å². The Kier molecular flexibility index (Phi) is 4.57. The van der Waals surface area contributed by atoms with Gasteiger partial charge >= 0.3 is 0 Å². The molecule has 2 N–H and O–H groups in total. The van der Waals surface area contributed by atoms with Gasteiger partial charge in [-0.05, 0) is 79.5 Å². The number of ether oxygens (including phenoxy) is 1. The van der Waals surface area contributed by atoms with Crippen LogP contribution in [0.1, 0.15) is 36.8 Å². The summed E-state index contributed by atoms with van der Waals surface area (Å²) in [5, 5.41) is 6.17. The molecule has 29 heavy (non-hydrogen) atoms. The summed E-state index contributed by atoms with van der Waals surface area (Å²) in [6.45, 7) is 2.29. The number of benzene rings is 2. The zero-order chi connectivity index (χ0) is 20.2. The summed E-state index contributed by atoms with van der Waals surface area (Å²) in [6, 6.07) is 11.2. The van der Waals surface area contributed by atoms with Crippen LogP contribution in [0.25, 0.3) is 0 Å². The van der Waals surface area contributed by atoms with E-state index in [2.05, 4.69) is 17.0 Å². The van der Waals surface area contributed by atoms with Gasteiger partial charge in [0.1, 0.15) is 5.75 Å². The van der Waals surface area contributed by atoms with Gasteiger partial charge < -0.3 is 9.64 Å². The third-order valence-corrected chi connectivity index (χ3v) is 7.66. The fourth-order valence-corrected chi connectivity index (χ4v) is 5.61. The summed E-state index contributed by atoms with van der Waals surface area (Å²) in [6.07, 6.45) is 5.61. The van der Waals surface area contributed by atoms with Crippen LogP contribution in [0.4, 0.5) is 5.69 Å². The van der Waals surface area contributed by atoms with Crippen molar-refractivity contribution in [2.24, 2.45) is 11.1 Å². The zero-order valence-corrected chi connectivity index (χ0v) is 17.8. The van der Waals surface area contributed by atoms with Crippen molar-refractivity contribution in [3.8, 4) is 5.75 Å². The van der Waals surface area contributed by atoms with Crippen molar-refractivity contribution in [3.05, 3.63) is 52.5 Å². The molecule has 1 aliphatic heterocycles. The Morgan fingerprint density at radius 3 is 2.79 bits per heavy atom. The topological polar surface area (TPSA) is 72.6 Å². The Balaban J connectivity index is 1.60. The quantitative estimate of drug-likeness (QED) is 0.799. The van der Waals surface area contributed by atoms with Crippen LogP contribution in [0.3, 0.4) is 0 Å². The van der Waals surface area contributed by atoms with Crippen LogP contribution < -0.4 is 14.8 Å². The van der Waals surface area contributed by atoms with E-state index >= 15 is 0 Å². The second-order valence-electron chi connectivity index (χ2n) is 8.72. The number of hydrogen-bond donors (Lipinski definition) is 1. The lowest BCUT2D eigenvalue weighted by Crippen LogP contribution is -2.46. The number of fused-ring (bicyclic) bond motifs is 3. The molecule has 1 unspecified atom stereocenters. The highest BCUT2D eigenvalue weighted by Gasteiger charge is 2.42. The van der Waals surface area contributed by atoms with Gasteiger partial charge in [0.05, 0.1) is 17.2 Å². The fraction of sp³-hybridized carbons (Fsp3) is 0.455. The molecule has 1 atom stereocenters. The van der Waals surface area contributed by atoms with E-state index in [0.29, 0.717) is 12.5 Å². The smallest absolute Gasteiger partial charge is 0.238 e. The Labute approximate surface area is 176 Å². The first-order chi connectivity index (χ1) is 13.8. The minimum Gasteiger partial charge on any atom is -0.490 e. The SMILES string of the molecule is NS(=O)(=O)c1ccc2c(c1)N(CC1CC1)CC1(CCCc3cc(Cl)ccc31)CO2. The Morgan fingerprint density at radius 2 is 2.03 bits per heavy atom. The molecule has 0 aromatic heterocycles.